The predicted molar refractivity (Wildman–Crippen MR) is 149 cm³/mol. The molecule has 6 nitrogen and oxygen atoms in total. The summed E-state index contributed by atoms with van der Waals surface area (Å²) in [5, 5.41) is 5.72. The van der Waals surface area contributed by atoms with E-state index in [4.69, 9.17) is 4.74 Å². The zero-order valence-electron chi connectivity index (χ0n) is 21.7. The Morgan fingerprint density at radius 2 is 1.83 bits per heavy atom. The van der Waals surface area contributed by atoms with E-state index >= 15 is 0 Å². The summed E-state index contributed by atoms with van der Waals surface area (Å²) in [7, 11) is -2.41. The van der Waals surface area contributed by atoms with Gasteiger partial charge in [0.1, 0.15) is 5.60 Å². The highest BCUT2D eigenvalue weighted by atomic mass is 32.2. The van der Waals surface area contributed by atoms with Crippen molar-refractivity contribution in [3.63, 3.8) is 0 Å². The number of thiophene rings is 1. The van der Waals surface area contributed by atoms with E-state index in [-0.39, 0.29) is 5.91 Å². The van der Waals surface area contributed by atoms with E-state index in [1.807, 2.05) is 61.4 Å². The molecule has 0 saturated carbocycles. The number of thiol groups is 1. The molecule has 194 valence electrons. The minimum atomic E-state index is -2.41. The Kier molecular flexibility index (Phi) is 7.57. The van der Waals surface area contributed by atoms with Gasteiger partial charge in [-0.25, -0.2) is 4.79 Å². The van der Waals surface area contributed by atoms with Gasteiger partial charge in [0.25, 0.3) is 5.91 Å². The number of amides is 2. The van der Waals surface area contributed by atoms with Crippen molar-refractivity contribution >= 4 is 43.4 Å². The highest BCUT2D eigenvalue weighted by Crippen LogP contribution is 2.33. The van der Waals surface area contributed by atoms with Crippen LogP contribution >= 0.6 is 11.3 Å². The van der Waals surface area contributed by atoms with Crippen molar-refractivity contribution in [2.24, 2.45) is 0 Å². The van der Waals surface area contributed by atoms with Gasteiger partial charge < -0.3 is 15.0 Å². The Bertz CT molecular complexity index is 1310. The first kappa shape index (κ1) is 26.4. The van der Waals surface area contributed by atoms with Crippen LogP contribution in [0.15, 0.2) is 52.7 Å². The zero-order chi connectivity index (χ0) is 26.1. The molecule has 0 bridgehead atoms. The molecule has 1 aromatic heterocycles. The van der Waals surface area contributed by atoms with Crippen LogP contribution in [0.5, 0.6) is 0 Å². The van der Waals surface area contributed by atoms with Gasteiger partial charge in [0, 0.05) is 45.6 Å². The lowest BCUT2D eigenvalue weighted by Crippen LogP contribution is -2.38. The summed E-state index contributed by atoms with van der Waals surface area (Å²) in [6, 6.07) is 14.0. The van der Waals surface area contributed by atoms with E-state index in [9.17, 15) is 13.8 Å². The van der Waals surface area contributed by atoms with Crippen molar-refractivity contribution in [2.75, 3.05) is 25.6 Å². The molecule has 1 N–H and O–H groups in total. The highest BCUT2D eigenvalue weighted by Gasteiger charge is 2.25. The average Bonchev–Trinajstić information content (AvgIpc) is 3.25. The van der Waals surface area contributed by atoms with Gasteiger partial charge in [0.05, 0.1) is 0 Å². The molecule has 0 spiro atoms. The predicted octanol–water partition coefficient (Wildman–Crippen LogP) is 5.58. The Hall–Kier alpha value is -2.71. The first-order chi connectivity index (χ1) is 16.9. The SMILES string of the molecule is CC(C)(C)OC(=O)NCc1cccc(C2CCN(C(=O)c3ccc4scc([SH](C)(C)=O)c4c3)CC2)c1. The fourth-order valence-electron chi connectivity index (χ4n) is 4.61. The van der Waals surface area contributed by atoms with Crippen LogP contribution < -0.4 is 5.32 Å². The van der Waals surface area contributed by atoms with Crippen molar-refractivity contribution in [2.45, 2.75) is 56.6 Å². The standard InChI is InChI=1S/C28H36N2O4S2/c1-28(2,3)34-27(32)29-17-19-7-6-8-21(15-19)20-11-13-30(14-12-20)26(31)22-9-10-24-23(16-22)25(18-35-24)36(4,5)33/h6-10,15-16,18,20,36H,11-14,17H2,1-5H3,(H,29,32). The van der Waals surface area contributed by atoms with Gasteiger partial charge in [-0.15, -0.1) is 11.3 Å². The molecular formula is C28H36N2O4S2. The van der Waals surface area contributed by atoms with Crippen molar-refractivity contribution in [3.05, 3.63) is 64.5 Å². The Labute approximate surface area is 218 Å². The second-order valence-electron chi connectivity index (χ2n) is 10.8. The number of fused-ring (bicyclic) bond motifs is 1. The fraction of sp³-hybridized carbons (Fsp3) is 0.429. The number of nitrogens with zero attached hydrogens (tertiary/aromatic N) is 1. The first-order valence-corrected chi connectivity index (χ1v) is 15.8. The lowest BCUT2D eigenvalue weighted by Gasteiger charge is -2.32. The number of nitrogens with one attached hydrogen (secondary N) is 1. The molecule has 2 amide bonds. The minimum absolute atomic E-state index is 0.0323. The van der Waals surface area contributed by atoms with Crippen LogP contribution in [0.2, 0.25) is 0 Å². The van der Waals surface area contributed by atoms with E-state index in [1.54, 1.807) is 23.8 Å². The zero-order valence-corrected chi connectivity index (χ0v) is 23.4. The molecule has 8 heteroatoms. The number of carbonyl (C=O) groups is 2. The second-order valence-corrected chi connectivity index (χ2v) is 14.9. The van der Waals surface area contributed by atoms with Gasteiger partial charge in [0.2, 0.25) is 0 Å². The van der Waals surface area contributed by atoms with Gasteiger partial charge in [-0.05, 0) is 81.4 Å². The molecular weight excluding hydrogens is 492 g/mol. The smallest absolute Gasteiger partial charge is 0.407 e. The summed E-state index contributed by atoms with van der Waals surface area (Å²) < 4.78 is 19.1. The molecule has 0 radical (unpaired) electrons. The molecule has 36 heavy (non-hydrogen) atoms. The van der Waals surface area contributed by atoms with Crippen molar-refractivity contribution < 1.29 is 18.5 Å². The molecule has 1 fully saturated rings. The lowest BCUT2D eigenvalue weighted by atomic mass is 9.88. The van der Waals surface area contributed by atoms with Crippen LogP contribution in [0.1, 0.15) is 61.0 Å². The molecule has 0 aliphatic carbocycles. The number of hydrogen-bond acceptors (Lipinski definition) is 5. The van der Waals surface area contributed by atoms with Gasteiger partial charge in [-0.2, -0.15) is 0 Å². The summed E-state index contributed by atoms with van der Waals surface area (Å²) in [6.45, 7) is 7.33. The molecule has 1 saturated heterocycles. The third-order valence-corrected chi connectivity index (χ3v) is 9.09. The van der Waals surface area contributed by atoms with Crippen LogP contribution in [0.25, 0.3) is 10.1 Å². The number of carbonyl (C=O) groups excluding carboxylic acids is 2. The molecule has 2 aromatic carbocycles. The Balaban J connectivity index is 1.38. The van der Waals surface area contributed by atoms with Crippen molar-refractivity contribution in [1.82, 2.24) is 10.2 Å². The summed E-state index contributed by atoms with van der Waals surface area (Å²) in [5.74, 6) is 0.400. The molecule has 1 aliphatic rings. The number of benzene rings is 2. The molecule has 4 rings (SSSR count). The van der Waals surface area contributed by atoms with Gasteiger partial charge in [0.15, 0.2) is 0 Å². The number of rotatable bonds is 5. The Morgan fingerprint density at radius 1 is 1.11 bits per heavy atom. The maximum absolute atomic E-state index is 13.3. The van der Waals surface area contributed by atoms with Crippen molar-refractivity contribution in [3.8, 4) is 0 Å². The monoisotopic (exact) mass is 528 g/mol. The molecule has 3 aromatic rings. The van der Waals surface area contributed by atoms with Crippen LogP contribution in [0, 0.1) is 0 Å². The first-order valence-electron chi connectivity index (χ1n) is 12.3. The van der Waals surface area contributed by atoms with Gasteiger partial charge >= 0.3 is 6.09 Å². The number of ether oxygens (including phenoxy) is 1. The lowest BCUT2D eigenvalue weighted by molar-refractivity contribution is 0.0523. The number of piperidine rings is 1. The van der Waals surface area contributed by atoms with E-state index in [0.717, 1.165) is 33.4 Å². The number of hydrogen-bond donors (Lipinski definition) is 2. The highest BCUT2D eigenvalue weighted by molar-refractivity contribution is 8.02. The summed E-state index contributed by atoms with van der Waals surface area (Å²) in [4.78, 5) is 28.0. The van der Waals surface area contributed by atoms with E-state index in [0.29, 0.717) is 31.1 Å². The second kappa shape index (κ2) is 10.3. The topological polar surface area (TPSA) is 75.7 Å². The summed E-state index contributed by atoms with van der Waals surface area (Å²) >= 11 is 1.58. The third-order valence-electron chi connectivity index (χ3n) is 6.42. The number of likely N-dealkylation sites (tertiary alicyclic amines) is 1. The normalized spacial score (nSPS) is 15.6. The third kappa shape index (κ3) is 6.34. The minimum Gasteiger partial charge on any atom is -0.444 e. The largest absolute Gasteiger partial charge is 0.444 e. The van der Waals surface area contributed by atoms with Crippen LogP contribution in [-0.2, 0) is 21.2 Å². The summed E-state index contributed by atoms with van der Waals surface area (Å²) in [5.41, 5.74) is 2.39. The van der Waals surface area contributed by atoms with Crippen LogP contribution in [0.4, 0.5) is 4.79 Å². The maximum Gasteiger partial charge on any atom is 0.407 e. The quantitative estimate of drug-likeness (QED) is 0.424. The Morgan fingerprint density at radius 3 is 2.50 bits per heavy atom. The van der Waals surface area contributed by atoms with Crippen LogP contribution in [-0.4, -0.2) is 52.3 Å². The molecule has 0 atom stereocenters. The van der Waals surface area contributed by atoms with E-state index in [2.05, 4.69) is 17.4 Å². The molecule has 1 aliphatic heterocycles. The van der Waals surface area contributed by atoms with Gasteiger partial charge in [-0.1, -0.05) is 34.2 Å². The van der Waals surface area contributed by atoms with Crippen LogP contribution in [0.3, 0.4) is 0 Å². The van der Waals surface area contributed by atoms with Gasteiger partial charge in [-0.3, -0.25) is 9.00 Å². The average molecular weight is 529 g/mol. The molecule has 2 heterocycles. The fourth-order valence-corrected chi connectivity index (χ4v) is 7.43. The molecule has 0 unspecified atom stereocenters. The van der Waals surface area contributed by atoms with E-state index in [1.165, 1.54) is 5.56 Å². The van der Waals surface area contributed by atoms with Crippen molar-refractivity contribution in [1.29, 1.82) is 0 Å². The summed E-state index contributed by atoms with van der Waals surface area (Å²) in [6.07, 6.45) is 4.90. The maximum atomic E-state index is 13.3. The van der Waals surface area contributed by atoms with E-state index < -0.39 is 21.6 Å². The number of alkyl carbamates (subject to hydrolysis) is 1.